The summed E-state index contributed by atoms with van der Waals surface area (Å²) < 4.78 is 61.0. The third-order valence-corrected chi connectivity index (χ3v) is 11.7. The largest absolute Gasteiger partial charge is 0.508 e. The fraction of sp³-hybridized carbons (Fsp3) is 0.829. The van der Waals surface area contributed by atoms with Crippen molar-refractivity contribution in [1.82, 2.24) is 0 Å². The lowest BCUT2D eigenvalue weighted by atomic mass is 9.53. The van der Waals surface area contributed by atoms with Crippen molar-refractivity contribution in [3.8, 4) is 5.75 Å². The lowest BCUT2D eigenvalue weighted by Gasteiger charge is -2.52. The molecule has 248 valence electrons. The van der Waals surface area contributed by atoms with Gasteiger partial charge in [0.15, 0.2) is 0 Å². The van der Waals surface area contributed by atoms with Crippen LogP contribution in [0.4, 0.5) is 22.0 Å². The van der Waals surface area contributed by atoms with Crippen LogP contribution < -0.4 is 0 Å². The molecule has 6 atom stereocenters. The lowest BCUT2D eigenvalue weighted by Crippen LogP contribution is -2.46. The Labute approximate surface area is 261 Å². The highest BCUT2D eigenvalue weighted by Gasteiger charge is 2.57. The van der Waals surface area contributed by atoms with Crippen LogP contribution in [0, 0.1) is 23.2 Å². The second-order valence-corrected chi connectivity index (χ2v) is 15.0. The molecule has 0 spiro atoms. The zero-order valence-corrected chi connectivity index (χ0v) is 27.4. The number of rotatable bonds is 14. The fourth-order valence-electron chi connectivity index (χ4n) is 8.09. The van der Waals surface area contributed by atoms with Crippen LogP contribution in [0.3, 0.4) is 0 Å². The van der Waals surface area contributed by atoms with Gasteiger partial charge in [0.1, 0.15) is 5.75 Å². The summed E-state index contributed by atoms with van der Waals surface area (Å²) in [6, 6.07) is 5.98. The number of fused-ring (bicyclic) bond motifs is 5. The van der Waals surface area contributed by atoms with Crippen molar-refractivity contribution >= 4 is 11.8 Å². The third-order valence-electron chi connectivity index (χ3n) is 10.6. The van der Waals surface area contributed by atoms with Gasteiger partial charge in [-0.1, -0.05) is 78.2 Å². The molecule has 0 amide bonds. The van der Waals surface area contributed by atoms with Gasteiger partial charge in [-0.15, -0.1) is 0 Å². The average Bonchev–Trinajstić information content (AvgIpc) is 3.24. The van der Waals surface area contributed by atoms with Gasteiger partial charge < -0.3 is 10.2 Å². The first-order valence-electron chi connectivity index (χ1n) is 16.8. The molecule has 2 saturated carbocycles. The fourth-order valence-corrected chi connectivity index (χ4v) is 9.05. The number of hydrogen-bond donors (Lipinski definition) is 2. The zero-order chi connectivity index (χ0) is 31.7. The molecule has 0 aromatic heterocycles. The molecule has 0 saturated heterocycles. The Morgan fingerprint density at radius 1 is 0.884 bits per heavy atom. The number of aliphatic hydroxyl groups is 1. The summed E-state index contributed by atoms with van der Waals surface area (Å²) in [6.45, 7) is 6.90. The van der Waals surface area contributed by atoms with Gasteiger partial charge in [0.25, 0.3) is 0 Å². The normalized spacial score (nSPS) is 28.4. The third kappa shape index (κ3) is 9.73. The Kier molecular flexibility index (Phi) is 14.0. The van der Waals surface area contributed by atoms with E-state index < -0.39 is 18.5 Å². The number of phenols is 1. The van der Waals surface area contributed by atoms with E-state index in [1.165, 1.54) is 80.7 Å². The van der Waals surface area contributed by atoms with Gasteiger partial charge in [-0.05, 0) is 109 Å². The Morgan fingerprint density at radius 3 is 2.16 bits per heavy atom. The second-order valence-electron chi connectivity index (χ2n) is 13.7. The summed E-state index contributed by atoms with van der Waals surface area (Å²) in [7, 11) is 0. The number of aliphatic hydroxyl groups excluding tert-OH is 1. The van der Waals surface area contributed by atoms with Crippen molar-refractivity contribution < 1.29 is 32.2 Å². The molecule has 0 heterocycles. The standard InChI is InChI=1S/C19H26O2.C16H29F5S/c1-11-9-12-10-13(20)3-4-14(12)15-7-8-19(2)16(18(11)15)5-6-17(19)21;1-2-3-4-5-6-7-8-9-10-13-22-14-11-12-15(17,18)16(19,20)21/h3-4,10-11,15-18,20-21H,5-9H2,1-2H3;2-14H2,1H3/t11-,15?,16?,17+,18?,19+;/m1./s1. The van der Waals surface area contributed by atoms with E-state index in [0.717, 1.165) is 37.9 Å². The molecule has 43 heavy (non-hydrogen) atoms. The van der Waals surface area contributed by atoms with Crippen molar-refractivity contribution in [3.63, 3.8) is 0 Å². The predicted octanol–water partition coefficient (Wildman–Crippen LogP) is 11.1. The minimum Gasteiger partial charge on any atom is -0.508 e. The second kappa shape index (κ2) is 16.5. The summed E-state index contributed by atoms with van der Waals surface area (Å²) in [4.78, 5) is 0. The van der Waals surface area contributed by atoms with E-state index in [4.69, 9.17) is 0 Å². The number of unbranched alkanes of at least 4 members (excludes halogenated alkanes) is 8. The van der Waals surface area contributed by atoms with Crippen LogP contribution in [-0.2, 0) is 6.42 Å². The van der Waals surface area contributed by atoms with Crippen LogP contribution in [0.1, 0.15) is 134 Å². The number of benzene rings is 1. The van der Waals surface area contributed by atoms with E-state index in [-0.39, 0.29) is 17.9 Å². The molecule has 1 aromatic rings. The van der Waals surface area contributed by atoms with Crippen LogP contribution in [0.15, 0.2) is 18.2 Å². The van der Waals surface area contributed by atoms with Crippen molar-refractivity contribution in [1.29, 1.82) is 0 Å². The smallest absolute Gasteiger partial charge is 0.453 e. The van der Waals surface area contributed by atoms with Crippen molar-refractivity contribution in [2.24, 2.45) is 23.2 Å². The van der Waals surface area contributed by atoms with Crippen LogP contribution in [0.5, 0.6) is 5.75 Å². The minimum absolute atomic E-state index is 0.0887. The number of aromatic hydroxyl groups is 1. The first-order valence-corrected chi connectivity index (χ1v) is 18.0. The SMILES string of the molecule is CCCCCCCCCCCSCCCC(F)(F)C(F)(F)F.C[C@@H]1Cc2cc(O)ccc2C2CC[C@@]3(C)C(CC[C@@H]3O)C21. The first-order chi connectivity index (χ1) is 20.3. The highest BCUT2D eigenvalue weighted by atomic mass is 32.2. The molecule has 2 N–H and O–H groups in total. The molecule has 0 radical (unpaired) electrons. The topological polar surface area (TPSA) is 40.5 Å². The number of halogens is 5. The van der Waals surface area contributed by atoms with Crippen LogP contribution >= 0.6 is 11.8 Å². The van der Waals surface area contributed by atoms with E-state index in [0.29, 0.717) is 35.2 Å². The lowest BCUT2D eigenvalue weighted by molar-refractivity contribution is -0.284. The molecular formula is C35H55F5O2S. The summed E-state index contributed by atoms with van der Waals surface area (Å²) in [5, 5.41) is 20.2. The maximum atomic E-state index is 12.6. The molecule has 0 aliphatic heterocycles. The zero-order valence-electron chi connectivity index (χ0n) is 26.5. The van der Waals surface area contributed by atoms with Gasteiger partial charge in [0, 0.05) is 6.42 Å². The average molecular weight is 635 g/mol. The molecular weight excluding hydrogens is 579 g/mol. The van der Waals surface area contributed by atoms with Gasteiger partial charge in [-0.3, -0.25) is 0 Å². The predicted molar refractivity (Wildman–Crippen MR) is 168 cm³/mol. The summed E-state index contributed by atoms with van der Waals surface area (Å²) in [5.41, 5.74) is 2.97. The van der Waals surface area contributed by atoms with Gasteiger partial charge >= 0.3 is 12.1 Å². The first kappa shape index (κ1) is 36.4. The molecule has 1 aromatic carbocycles. The van der Waals surface area contributed by atoms with Gasteiger partial charge in [-0.25, -0.2) is 0 Å². The Balaban J connectivity index is 0.000000235. The molecule has 3 unspecified atom stereocenters. The summed E-state index contributed by atoms with van der Waals surface area (Å²) in [6.07, 6.45) is 9.94. The Morgan fingerprint density at radius 2 is 1.51 bits per heavy atom. The molecule has 8 heteroatoms. The van der Waals surface area contributed by atoms with E-state index in [9.17, 15) is 32.2 Å². The van der Waals surface area contributed by atoms with E-state index >= 15 is 0 Å². The maximum absolute atomic E-state index is 12.6. The highest BCUT2D eigenvalue weighted by Crippen LogP contribution is 2.62. The molecule has 2 nitrogen and oxygen atoms in total. The van der Waals surface area contributed by atoms with Crippen LogP contribution in [0.2, 0.25) is 0 Å². The highest BCUT2D eigenvalue weighted by molar-refractivity contribution is 7.99. The summed E-state index contributed by atoms with van der Waals surface area (Å²) in [5.74, 6) is -0.244. The van der Waals surface area contributed by atoms with Crippen molar-refractivity contribution in [3.05, 3.63) is 29.3 Å². The van der Waals surface area contributed by atoms with Gasteiger partial charge in [0.2, 0.25) is 0 Å². The number of phenolic OH excluding ortho intramolecular Hbond substituents is 1. The Bertz CT molecular complexity index is 970. The summed E-state index contributed by atoms with van der Waals surface area (Å²) >= 11 is 1.48. The number of hydrogen-bond acceptors (Lipinski definition) is 3. The van der Waals surface area contributed by atoms with E-state index in [2.05, 4.69) is 26.8 Å². The van der Waals surface area contributed by atoms with Gasteiger partial charge in [0.05, 0.1) is 6.10 Å². The van der Waals surface area contributed by atoms with Crippen LogP contribution in [0.25, 0.3) is 0 Å². The van der Waals surface area contributed by atoms with Crippen molar-refractivity contribution in [2.75, 3.05) is 11.5 Å². The number of alkyl halides is 5. The van der Waals surface area contributed by atoms with Gasteiger partial charge in [-0.2, -0.15) is 33.7 Å². The molecule has 4 rings (SSSR count). The molecule has 0 bridgehead atoms. The number of thioether (sulfide) groups is 1. The minimum atomic E-state index is -5.41. The van der Waals surface area contributed by atoms with Crippen molar-refractivity contribution in [2.45, 2.75) is 148 Å². The monoisotopic (exact) mass is 634 g/mol. The Hall–Kier alpha value is -1.02. The molecule has 2 fully saturated rings. The molecule has 3 aliphatic rings. The quantitative estimate of drug-likeness (QED) is 0.158. The van der Waals surface area contributed by atoms with E-state index in [1.54, 1.807) is 0 Å². The van der Waals surface area contributed by atoms with E-state index in [1.807, 2.05) is 12.1 Å². The molecule has 3 aliphatic carbocycles. The van der Waals surface area contributed by atoms with Crippen LogP contribution in [-0.4, -0.2) is 39.9 Å². The maximum Gasteiger partial charge on any atom is 0.453 e.